The van der Waals surface area contributed by atoms with Gasteiger partial charge in [-0.05, 0) is 23.8 Å². The smallest absolute Gasteiger partial charge is 0.308 e. The number of nitrogens with zero attached hydrogens (tertiary/aromatic N) is 1. The number of carboxylic acid groups (broad SMARTS) is 1. The van der Waals surface area contributed by atoms with Gasteiger partial charge in [-0.3, -0.25) is 4.79 Å². The highest BCUT2D eigenvalue weighted by Crippen LogP contribution is 2.30. The van der Waals surface area contributed by atoms with E-state index in [1.807, 2.05) is 54.6 Å². The predicted molar refractivity (Wildman–Crippen MR) is 99.3 cm³/mol. The molecule has 120 valence electrons. The van der Waals surface area contributed by atoms with Crippen LogP contribution in [0, 0.1) is 0 Å². The van der Waals surface area contributed by atoms with Crippen LogP contribution in [-0.4, -0.2) is 16.1 Å². The number of carbonyl (C=O) groups is 1. The lowest BCUT2D eigenvalue weighted by Gasteiger charge is -2.00. The second kappa shape index (κ2) is 7.43. The summed E-state index contributed by atoms with van der Waals surface area (Å²) in [5, 5.41) is 10.6. The molecule has 2 aromatic carbocycles. The first kappa shape index (κ1) is 16.4. The molecule has 3 rings (SSSR count). The predicted octanol–water partition coefficient (Wildman–Crippen LogP) is 5.26. The Bertz CT molecular complexity index is 870. The Morgan fingerprint density at radius 2 is 1.79 bits per heavy atom. The van der Waals surface area contributed by atoms with Crippen molar-refractivity contribution in [3.05, 3.63) is 75.1 Å². The summed E-state index contributed by atoms with van der Waals surface area (Å²) in [6.07, 6.45) is 3.83. The van der Waals surface area contributed by atoms with Crippen molar-refractivity contribution in [2.24, 2.45) is 0 Å². The molecule has 5 heteroatoms. The Balaban J connectivity index is 1.95. The number of aliphatic carboxylic acids is 1. The zero-order chi connectivity index (χ0) is 16.9. The number of hydrogen-bond donors (Lipinski definition) is 1. The van der Waals surface area contributed by atoms with Crippen molar-refractivity contribution < 1.29 is 9.90 Å². The molecule has 0 unspecified atom stereocenters. The SMILES string of the molecule is O=C(O)Cc1sc(/C=C/c2ccccc2)nc1-c1ccc(Cl)cc1. The summed E-state index contributed by atoms with van der Waals surface area (Å²) in [5.74, 6) is -0.868. The van der Waals surface area contributed by atoms with Crippen LogP contribution in [0.3, 0.4) is 0 Å². The zero-order valence-electron chi connectivity index (χ0n) is 12.6. The Kier molecular flexibility index (Phi) is 5.08. The van der Waals surface area contributed by atoms with Crippen molar-refractivity contribution in [2.75, 3.05) is 0 Å². The van der Waals surface area contributed by atoms with E-state index in [2.05, 4.69) is 4.98 Å². The summed E-state index contributed by atoms with van der Waals surface area (Å²) in [4.78, 5) is 16.5. The van der Waals surface area contributed by atoms with Crippen LogP contribution in [0.2, 0.25) is 5.02 Å². The molecule has 1 aromatic heterocycles. The Morgan fingerprint density at radius 3 is 2.46 bits per heavy atom. The summed E-state index contributed by atoms with van der Waals surface area (Å²) in [7, 11) is 0. The highest BCUT2D eigenvalue weighted by atomic mass is 35.5. The summed E-state index contributed by atoms with van der Waals surface area (Å²) in [6, 6.07) is 17.2. The first-order valence-corrected chi connectivity index (χ1v) is 8.52. The van der Waals surface area contributed by atoms with Crippen molar-refractivity contribution in [3.8, 4) is 11.3 Å². The number of aromatic nitrogens is 1. The van der Waals surface area contributed by atoms with Crippen LogP contribution in [0.1, 0.15) is 15.4 Å². The maximum atomic E-state index is 11.1. The Morgan fingerprint density at radius 1 is 1.08 bits per heavy atom. The topological polar surface area (TPSA) is 50.2 Å². The van der Waals surface area contributed by atoms with Gasteiger partial charge in [0.25, 0.3) is 0 Å². The number of rotatable bonds is 5. The number of thiazole rings is 1. The minimum atomic E-state index is -0.868. The van der Waals surface area contributed by atoms with Gasteiger partial charge in [0.2, 0.25) is 0 Å². The minimum Gasteiger partial charge on any atom is -0.481 e. The van der Waals surface area contributed by atoms with Crippen LogP contribution in [0.15, 0.2) is 54.6 Å². The van der Waals surface area contributed by atoms with Gasteiger partial charge < -0.3 is 5.11 Å². The van der Waals surface area contributed by atoms with E-state index >= 15 is 0 Å². The second-order valence-corrected chi connectivity index (χ2v) is 6.70. The normalized spacial score (nSPS) is 11.0. The van der Waals surface area contributed by atoms with Gasteiger partial charge in [-0.15, -0.1) is 11.3 Å². The van der Waals surface area contributed by atoms with Crippen LogP contribution in [0.4, 0.5) is 0 Å². The lowest BCUT2D eigenvalue weighted by Crippen LogP contribution is -1.99. The molecule has 3 aromatic rings. The fourth-order valence-electron chi connectivity index (χ4n) is 2.26. The molecule has 3 nitrogen and oxygen atoms in total. The lowest BCUT2D eigenvalue weighted by atomic mass is 10.1. The number of halogens is 1. The van der Waals surface area contributed by atoms with E-state index < -0.39 is 5.97 Å². The molecule has 0 bridgehead atoms. The fourth-order valence-corrected chi connectivity index (χ4v) is 3.37. The van der Waals surface area contributed by atoms with Crippen molar-refractivity contribution >= 4 is 41.1 Å². The minimum absolute atomic E-state index is 0.0468. The van der Waals surface area contributed by atoms with Gasteiger partial charge in [0.05, 0.1) is 12.1 Å². The molecule has 0 amide bonds. The molecule has 0 radical (unpaired) electrons. The number of hydrogen-bond acceptors (Lipinski definition) is 3. The third-order valence-corrected chi connectivity index (χ3v) is 4.63. The van der Waals surface area contributed by atoms with Gasteiger partial charge in [0.15, 0.2) is 0 Å². The van der Waals surface area contributed by atoms with Crippen molar-refractivity contribution in [2.45, 2.75) is 6.42 Å². The van der Waals surface area contributed by atoms with Gasteiger partial charge in [0, 0.05) is 15.5 Å². The molecule has 0 atom stereocenters. The van der Waals surface area contributed by atoms with Gasteiger partial charge in [-0.2, -0.15) is 0 Å². The van der Waals surface area contributed by atoms with Crippen molar-refractivity contribution in [3.63, 3.8) is 0 Å². The molecular formula is C19H14ClNO2S. The molecule has 24 heavy (non-hydrogen) atoms. The molecule has 0 spiro atoms. The number of benzene rings is 2. The zero-order valence-corrected chi connectivity index (χ0v) is 14.2. The standard InChI is InChI=1S/C19H14ClNO2S/c20-15-9-7-14(8-10-15)19-16(12-18(22)23)24-17(21-19)11-6-13-4-2-1-3-5-13/h1-11H,12H2,(H,22,23)/b11-6+. The van der Waals surface area contributed by atoms with E-state index in [0.717, 1.165) is 21.0 Å². The Labute approximate surface area is 148 Å². The monoisotopic (exact) mass is 355 g/mol. The highest BCUT2D eigenvalue weighted by molar-refractivity contribution is 7.13. The van der Waals surface area contributed by atoms with E-state index in [-0.39, 0.29) is 6.42 Å². The molecule has 0 fully saturated rings. The third-order valence-electron chi connectivity index (χ3n) is 3.36. The highest BCUT2D eigenvalue weighted by Gasteiger charge is 2.14. The summed E-state index contributed by atoms with van der Waals surface area (Å²) in [6.45, 7) is 0. The first-order chi connectivity index (χ1) is 11.6. The molecular weight excluding hydrogens is 342 g/mol. The number of carboxylic acids is 1. The van der Waals surface area contributed by atoms with Crippen molar-refractivity contribution in [1.29, 1.82) is 0 Å². The first-order valence-electron chi connectivity index (χ1n) is 7.32. The van der Waals surface area contributed by atoms with Crippen LogP contribution in [-0.2, 0) is 11.2 Å². The van der Waals surface area contributed by atoms with Crippen molar-refractivity contribution in [1.82, 2.24) is 4.98 Å². The van der Waals surface area contributed by atoms with Crippen LogP contribution >= 0.6 is 22.9 Å². The van der Waals surface area contributed by atoms with E-state index in [0.29, 0.717) is 10.7 Å². The maximum absolute atomic E-state index is 11.1. The lowest BCUT2D eigenvalue weighted by molar-refractivity contribution is -0.136. The van der Waals surface area contributed by atoms with E-state index in [4.69, 9.17) is 16.7 Å². The quantitative estimate of drug-likeness (QED) is 0.679. The molecule has 0 aliphatic carbocycles. The van der Waals surface area contributed by atoms with E-state index in [1.54, 1.807) is 12.1 Å². The molecule has 1 N–H and O–H groups in total. The molecule has 0 aliphatic heterocycles. The molecule has 0 aliphatic rings. The van der Waals surface area contributed by atoms with E-state index in [1.165, 1.54) is 11.3 Å². The average molecular weight is 356 g/mol. The molecule has 1 heterocycles. The largest absolute Gasteiger partial charge is 0.481 e. The summed E-state index contributed by atoms with van der Waals surface area (Å²) < 4.78 is 0. The van der Waals surface area contributed by atoms with Gasteiger partial charge in [-0.25, -0.2) is 4.98 Å². The van der Waals surface area contributed by atoms with Crippen LogP contribution < -0.4 is 0 Å². The van der Waals surface area contributed by atoms with Gasteiger partial charge in [0.1, 0.15) is 5.01 Å². The van der Waals surface area contributed by atoms with E-state index in [9.17, 15) is 4.79 Å². The average Bonchev–Trinajstić information content (AvgIpc) is 2.97. The third kappa shape index (κ3) is 4.10. The van der Waals surface area contributed by atoms with Gasteiger partial charge >= 0.3 is 5.97 Å². The summed E-state index contributed by atoms with van der Waals surface area (Å²) >= 11 is 7.32. The fraction of sp³-hybridized carbons (Fsp3) is 0.0526. The molecule has 0 saturated carbocycles. The van der Waals surface area contributed by atoms with Crippen LogP contribution in [0.5, 0.6) is 0 Å². The Hall–Kier alpha value is -2.43. The molecule has 0 saturated heterocycles. The second-order valence-electron chi connectivity index (χ2n) is 5.15. The summed E-state index contributed by atoms with van der Waals surface area (Å²) in [5.41, 5.74) is 2.64. The maximum Gasteiger partial charge on any atom is 0.308 e. The van der Waals surface area contributed by atoms with Crippen LogP contribution in [0.25, 0.3) is 23.4 Å². The van der Waals surface area contributed by atoms with Gasteiger partial charge in [-0.1, -0.05) is 60.1 Å².